The Labute approximate surface area is 197 Å². The van der Waals surface area contributed by atoms with Crippen molar-refractivity contribution in [1.82, 2.24) is 19.5 Å². The van der Waals surface area contributed by atoms with Gasteiger partial charge in [0.15, 0.2) is 23.2 Å². The van der Waals surface area contributed by atoms with Crippen LogP contribution in [0.3, 0.4) is 0 Å². The number of aryl methyl sites for hydroxylation is 2. The van der Waals surface area contributed by atoms with E-state index in [4.69, 9.17) is 9.47 Å². The maximum Gasteiger partial charge on any atom is 0.167 e. The fourth-order valence-corrected chi connectivity index (χ4v) is 4.87. The van der Waals surface area contributed by atoms with Crippen molar-refractivity contribution in [3.63, 3.8) is 0 Å². The van der Waals surface area contributed by atoms with E-state index in [-0.39, 0.29) is 12.1 Å². The first-order valence-electron chi connectivity index (χ1n) is 11.7. The average molecular weight is 470 g/mol. The fraction of sp³-hybridized carbons (Fsp3) is 0.542. The van der Waals surface area contributed by atoms with Gasteiger partial charge in [0.25, 0.3) is 0 Å². The number of anilines is 1. The third kappa shape index (κ3) is 4.27. The summed E-state index contributed by atoms with van der Waals surface area (Å²) in [7, 11) is 0. The van der Waals surface area contributed by atoms with Gasteiger partial charge in [0.05, 0.1) is 31.7 Å². The van der Waals surface area contributed by atoms with Gasteiger partial charge in [0.2, 0.25) is 0 Å². The molecule has 1 aliphatic carbocycles. The van der Waals surface area contributed by atoms with E-state index in [1.165, 1.54) is 29.3 Å². The lowest BCUT2D eigenvalue weighted by molar-refractivity contribution is -0.0511. The van der Waals surface area contributed by atoms with E-state index < -0.39 is 31.1 Å². The van der Waals surface area contributed by atoms with Crippen molar-refractivity contribution in [2.45, 2.75) is 76.4 Å². The number of benzene rings is 1. The van der Waals surface area contributed by atoms with Crippen molar-refractivity contribution in [2.24, 2.45) is 0 Å². The zero-order valence-electron chi connectivity index (χ0n) is 19.3. The number of aromatic nitrogens is 4. The lowest BCUT2D eigenvalue weighted by atomic mass is 10.1. The first-order valence-corrected chi connectivity index (χ1v) is 11.7. The summed E-state index contributed by atoms with van der Waals surface area (Å²) >= 11 is 0. The van der Waals surface area contributed by atoms with E-state index in [0.717, 1.165) is 19.3 Å². The van der Waals surface area contributed by atoms with Gasteiger partial charge < -0.3 is 30.1 Å². The van der Waals surface area contributed by atoms with Crippen LogP contribution in [-0.4, -0.2) is 71.9 Å². The average Bonchev–Trinajstić information content (AvgIpc) is 3.53. The topological polar surface area (TPSA) is 135 Å². The van der Waals surface area contributed by atoms with Gasteiger partial charge in [0.1, 0.15) is 24.6 Å². The molecule has 4 N–H and O–H groups in total. The molecular weight excluding hydrogens is 438 g/mol. The molecular formula is C24H31N5O5. The first-order chi connectivity index (χ1) is 16.5. The van der Waals surface area contributed by atoms with Gasteiger partial charge in [-0.1, -0.05) is 23.8 Å². The van der Waals surface area contributed by atoms with Crippen LogP contribution < -0.4 is 5.32 Å². The summed E-state index contributed by atoms with van der Waals surface area (Å²) in [6.07, 6.45) is 1.79. The molecule has 0 bridgehead atoms. The van der Waals surface area contributed by atoms with Crippen molar-refractivity contribution in [1.29, 1.82) is 0 Å². The largest absolute Gasteiger partial charge is 0.394 e. The Morgan fingerprint density at radius 2 is 2.00 bits per heavy atom. The Bertz CT molecular complexity index is 1150. The zero-order chi connectivity index (χ0) is 23.8. The van der Waals surface area contributed by atoms with Gasteiger partial charge in [-0.2, -0.15) is 0 Å². The van der Waals surface area contributed by atoms with Crippen molar-refractivity contribution >= 4 is 17.0 Å². The van der Waals surface area contributed by atoms with Gasteiger partial charge in [-0.25, -0.2) is 15.0 Å². The molecule has 34 heavy (non-hydrogen) atoms. The van der Waals surface area contributed by atoms with Crippen LogP contribution in [0.25, 0.3) is 11.2 Å². The molecule has 0 amide bonds. The van der Waals surface area contributed by atoms with E-state index in [9.17, 15) is 15.3 Å². The van der Waals surface area contributed by atoms with Crippen LogP contribution in [-0.2, 0) is 16.1 Å². The fourth-order valence-electron chi connectivity index (χ4n) is 4.87. The lowest BCUT2D eigenvalue weighted by Crippen LogP contribution is -2.33. The van der Waals surface area contributed by atoms with E-state index in [2.05, 4.69) is 52.3 Å². The SMILES string of the molecule is Cc1ccc(C)c(COC2CCCC2Nc2ncnc3c2ncn3C2OC(CO)C(O)C2O)c1. The summed E-state index contributed by atoms with van der Waals surface area (Å²) in [6, 6.07) is 6.49. The number of nitrogens with one attached hydrogen (secondary N) is 1. The zero-order valence-corrected chi connectivity index (χ0v) is 19.3. The molecule has 6 unspecified atom stereocenters. The van der Waals surface area contributed by atoms with Gasteiger partial charge in [-0.3, -0.25) is 4.57 Å². The molecule has 1 saturated heterocycles. The predicted octanol–water partition coefficient (Wildman–Crippen LogP) is 1.60. The minimum absolute atomic E-state index is 0.0486. The number of fused-ring (bicyclic) bond motifs is 1. The number of imidazole rings is 1. The van der Waals surface area contributed by atoms with Crippen LogP contribution in [0, 0.1) is 13.8 Å². The number of rotatable bonds is 7. The molecule has 3 heterocycles. The monoisotopic (exact) mass is 469 g/mol. The summed E-state index contributed by atoms with van der Waals surface area (Å²) in [6.45, 7) is 4.36. The number of hydrogen-bond donors (Lipinski definition) is 4. The normalized spacial score (nSPS) is 29.2. The van der Waals surface area contributed by atoms with Gasteiger partial charge in [0, 0.05) is 0 Å². The molecule has 182 valence electrons. The number of aliphatic hydroxyl groups excluding tert-OH is 3. The standard InChI is InChI=1S/C24H31N5O5/c1-13-6-7-14(2)15(8-13)10-33-17-5-3-4-16(17)28-22-19-23(26-11-25-22)29(12-27-19)24-21(32)20(31)18(9-30)34-24/h6-8,11-12,16-18,20-21,24,30-32H,3-5,9-10H2,1-2H3,(H,25,26,28). The second kappa shape index (κ2) is 9.55. The van der Waals surface area contributed by atoms with Crippen molar-refractivity contribution in [3.05, 3.63) is 47.5 Å². The van der Waals surface area contributed by atoms with E-state index in [1.807, 2.05) is 0 Å². The number of hydrogen-bond acceptors (Lipinski definition) is 9. The molecule has 6 atom stereocenters. The molecule has 1 aromatic carbocycles. The number of aliphatic hydroxyl groups is 3. The highest BCUT2D eigenvalue weighted by atomic mass is 16.6. The second-order valence-corrected chi connectivity index (χ2v) is 9.24. The molecule has 1 aliphatic heterocycles. The smallest absolute Gasteiger partial charge is 0.167 e. The second-order valence-electron chi connectivity index (χ2n) is 9.24. The van der Waals surface area contributed by atoms with Crippen molar-refractivity contribution in [3.8, 4) is 0 Å². The molecule has 5 rings (SSSR count). The molecule has 0 spiro atoms. The minimum atomic E-state index is -1.21. The third-order valence-electron chi connectivity index (χ3n) is 6.88. The van der Waals surface area contributed by atoms with Crippen LogP contribution in [0.2, 0.25) is 0 Å². The van der Waals surface area contributed by atoms with Gasteiger partial charge in [-0.15, -0.1) is 0 Å². The predicted molar refractivity (Wildman–Crippen MR) is 124 cm³/mol. The van der Waals surface area contributed by atoms with Crippen LogP contribution >= 0.6 is 0 Å². The highest BCUT2D eigenvalue weighted by Crippen LogP contribution is 2.33. The summed E-state index contributed by atoms with van der Waals surface area (Å²) in [4.78, 5) is 13.2. The highest BCUT2D eigenvalue weighted by Gasteiger charge is 2.44. The first kappa shape index (κ1) is 23.1. The van der Waals surface area contributed by atoms with E-state index in [1.54, 1.807) is 4.57 Å². The Balaban J connectivity index is 1.32. The molecule has 3 aromatic rings. The summed E-state index contributed by atoms with van der Waals surface area (Å²) < 4.78 is 13.5. The molecule has 10 nitrogen and oxygen atoms in total. The van der Waals surface area contributed by atoms with Crippen molar-refractivity contribution < 1.29 is 24.8 Å². The minimum Gasteiger partial charge on any atom is -0.394 e. The van der Waals surface area contributed by atoms with Crippen LogP contribution in [0.4, 0.5) is 5.82 Å². The summed E-state index contributed by atoms with van der Waals surface area (Å²) in [5, 5.41) is 33.4. The molecule has 0 radical (unpaired) electrons. The Kier molecular flexibility index (Phi) is 6.50. The molecule has 2 fully saturated rings. The molecule has 10 heteroatoms. The lowest BCUT2D eigenvalue weighted by Gasteiger charge is -2.23. The molecule has 2 aliphatic rings. The maximum atomic E-state index is 10.4. The van der Waals surface area contributed by atoms with E-state index in [0.29, 0.717) is 23.6 Å². The summed E-state index contributed by atoms with van der Waals surface area (Å²) in [5.74, 6) is 0.586. The molecule has 1 saturated carbocycles. The van der Waals surface area contributed by atoms with E-state index >= 15 is 0 Å². The van der Waals surface area contributed by atoms with Gasteiger partial charge >= 0.3 is 0 Å². The quantitative estimate of drug-likeness (QED) is 0.407. The Hall–Kier alpha value is -2.63. The number of nitrogens with zero attached hydrogens (tertiary/aromatic N) is 4. The maximum absolute atomic E-state index is 10.4. The summed E-state index contributed by atoms with van der Waals surface area (Å²) in [5.41, 5.74) is 4.66. The van der Waals surface area contributed by atoms with Crippen LogP contribution in [0.5, 0.6) is 0 Å². The van der Waals surface area contributed by atoms with Crippen molar-refractivity contribution in [2.75, 3.05) is 11.9 Å². The van der Waals surface area contributed by atoms with Crippen LogP contribution in [0.15, 0.2) is 30.9 Å². The van der Waals surface area contributed by atoms with Crippen LogP contribution in [0.1, 0.15) is 42.2 Å². The van der Waals surface area contributed by atoms with Gasteiger partial charge in [-0.05, 0) is 44.2 Å². The highest BCUT2D eigenvalue weighted by molar-refractivity contribution is 5.82. The Morgan fingerprint density at radius 1 is 1.15 bits per heavy atom. The Morgan fingerprint density at radius 3 is 2.79 bits per heavy atom. The molecule has 2 aromatic heterocycles. The third-order valence-corrected chi connectivity index (χ3v) is 6.88. The number of ether oxygens (including phenoxy) is 2.